The molecular weight excluding hydrogens is 368 g/mol. The van der Waals surface area contributed by atoms with Gasteiger partial charge >= 0.3 is 0 Å². The minimum absolute atomic E-state index is 0.114. The van der Waals surface area contributed by atoms with Crippen LogP contribution in [-0.2, 0) is 0 Å². The van der Waals surface area contributed by atoms with E-state index in [1.807, 2.05) is 6.07 Å². The summed E-state index contributed by atoms with van der Waals surface area (Å²) in [6, 6.07) is 21.9. The Morgan fingerprint density at radius 2 is 1.45 bits per heavy atom. The van der Waals surface area contributed by atoms with Crippen molar-refractivity contribution in [3.05, 3.63) is 100 Å². The van der Waals surface area contributed by atoms with E-state index in [1.54, 1.807) is 60.7 Å². The number of amides is 2. The van der Waals surface area contributed by atoms with Crippen molar-refractivity contribution < 1.29 is 9.59 Å². The summed E-state index contributed by atoms with van der Waals surface area (Å²) in [6.45, 7) is 0. The highest BCUT2D eigenvalue weighted by molar-refractivity contribution is 6.11. The summed E-state index contributed by atoms with van der Waals surface area (Å²) in [5.41, 5.74) is 6.41. The zero-order chi connectivity index (χ0) is 20.4. The van der Waals surface area contributed by atoms with Crippen molar-refractivity contribution in [3.63, 3.8) is 0 Å². The van der Waals surface area contributed by atoms with E-state index >= 15 is 0 Å². The minimum Gasteiger partial charge on any atom is -0.366 e. The number of fused-ring (bicyclic) bond motifs is 1. The number of carbonyl (C=O) groups excluding carboxylic acids is 2. The second-order valence-corrected chi connectivity index (χ2v) is 6.34. The smallest absolute Gasteiger partial charge is 0.279 e. The van der Waals surface area contributed by atoms with E-state index in [0.717, 1.165) is 0 Å². The number of para-hydroxylation sites is 1. The van der Waals surface area contributed by atoms with Gasteiger partial charge in [0.2, 0.25) is 5.91 Å². The fraction of sp³-hybridized carbons (Fsp3) is 0. The third-order valence-electron chi connectivity index (χ3n) is 4.45. The first-order valence-electron chi connectivity index (χ1n) is 8.83. The van der Waals surface area contributed by atoms with Crippen molar-refractivity contribution in [2.75, 3.05) is 5.32 Å². The third kappa shape index (κ3) is 3.49. The molecule has 4 rings (SSSR count). The van der Waals surface area contributed by atoms with Gasteiger partial charge in [-0.3, -0.25) is 14.4 Å². The molecule has 0 saturated carbocycles. The molecule has 0 atom stereocenters. The predicted octanol–water partition coefficient (Wildman–Crippen LogP) is 2.74. The summed E-state index contributed by atoms with van der Waals surface area (Å²) < 4.78 is 1.22. The average Bonchev–Trinajstić information content (AvgIpc) is 2.75. The number of carbonyl (C=O) groups is 2. The zero-order valence-corrected chi connectivity index (χ0v) is 15.2. The van der Waals surface area contributed by atoms with Crippen LogP contribution < -0.4 is 16.6 Å². The number of nitrogens with two attached hydrogens (primary N) is 1. The molecule has 3 N–H and O–H groups in total. The minimum atomic E-state index is -0.550. The highest BCUT2D eigenvalue weighted by Crippen LogP contribution is 2.17. The first kappa shape index (κ1) is 18.1. The lowest BCUT2D eigenvalue weighted by Gasteiger charge is -2.11. The Morgan fingerprint density at radius 3 is 2.10 bits per heavy atom. The molecule has 0 unspecified atom stereocenters. The van der Waals surface area contributed by atoms with Crippen molar-refractivity contribution in [1.82, 2.24) is 9.78 Å². The lowest BCUT2D eigenvalue weighted by Crippen LogP contribution is -2.26. The Kier molecular flexibility index (Phi) is 4.62. The first-order chi connectivity index (χ1) is 14.0. The number of anilines is 1. The predicted molar refractivity (Wildman–Crippen MR) is 110 cm³/mol. The number of benzene rings is 3. The van der Waals surface area contributed by atoms with Gasteiger partial charge in [0, 0.05) is 16.6 Å². The van der Waals surface area contributed by atoms with Gasteiger partial charge in [-0.2, -0.15) is 9.78 Å². The Hall–Kier alpha value is -4.26. The number of rotatable bonds is 4. The van der Waals surface area contributed by atoms with Gasteiger partial charge in [-0.15, -0.1) is 0 Å². The van der Waals surface area contributed by atoms with E-state index in [-0.39, 0.29) is 11.3 Å². The summed E-state index contributed by atoms with van der Waals surface area (Å²) >= 11 is 0. The summed E-state index contributed by atoms with van der Waals surface area (Å²) in [7, 11) is 0. The van der Waals surface area contributed by atoms with E-state index in [2.05, 4.69) is 10.4 Å². The molecule has 1 heterocycles. The average molecular weight is 384 g/mol. The Labute approximate surface area is 165 Å². The standard InChI is InChI=1S/C22H16N4O3/c23-20(27)14-10-12-15(13-11-14)24-21(28)19-17-8-4-5-9-18(17)22(29)26(25-19)16-6-2-1-3-7-16/h1-13H,(H2,23,27)(H,24,28). The van der Waals surface area contributed by atoms with Gasteiger partial charge in [0.05, 0.1) is 11.1 Å². The van der Waals surface area contributed by atoms with E-state index in [0.29, 0.717) is 27.7 Å². The largest absolute Gasteiger partial charge is 0.366 e. The maximum atomic E-state index is 13.0. The summed E-state index contributed by atoms with van der Waals surface area (Å²) in [6.07, 6.45) is 0. The normalized spacial score (nSPS) is 10.6. The van der Waals surface area contributed by atoms with E-state index < -0.39 is 11.8 Å². The SMILES string of the molecule is NC(=O)c1ccc(NC(=O)c2nn(-c3ccccc3)c(=O)c3ccccc23)cc1. The Morgan fingerprint density at radius 1 is 0.828 bits per heavy atom. The lowest BCUT2D eigenvalue weighted by molar-refractivity contribution is 0.0998. The maximum Gasteiger partial charge on any atom is 0.279 e. The van der Waals surface area contributed by atoms with E-state index in [4.69, 9.17) is 5.73 Å². The highest BCUT2D eigenvalue weighted by atomic mass is 16.2. The van der Waals surface area contributed by atoms with Gasteiger partial charge in [0.15, 0.2) is 5.69 Å². The molecule has 0 aliphatic rings. The zero-order valence-electron chi connectivity index (χ0n) is 15.2. The number of aromatic nitrogens is 2. The molecule has 7 heteroatoms. The maximum absolute atomic E-state index is 13.0. The summed E-state index contributed by atoms with van der Waals surface area (Å²) in [4.78, 5) is 37.0. The molecule has 7 nitrogen and oxygen atoms in total. The highest BCUT2D eigenvalue weighted by Gasteiger charge is 2.17. The molecular formula is C22H16N4O3. The summed E-state index contributed by atoms with van der Waals surface area (Å²) in [5, 5.41) is 7.92. The molecule has 2 amide bonds. The van der Waals surface area contributed by atoms with Gasteiger partial charge in [-0.05, 0) is 42.5 Å². The van der Waals surface area contributed by atoms with E-state index in [9.17, 15) is 14.4 Å². The van der Waals surface area contributed by atoms with Crippen LogP contribution in [0.4, 0.5) is 5.69 Å². The van der Waals surface area contributed by atoms with Crippen LogP contribution in [0.3, 0.4) is 0 Å². The fourth-order valence-electron chi connectivity index (χ4n) is 3.01. The monoisotopic (exact) mass is 384 g/mol. The molecule has 3 aromatic carbocycles. The van der Waals surface area contributed by atoms with Crippen molar-refractivity contribution in [2.24, 2.45) is 5.73 Å². The van der Waals surface area contributed by atoms with Crippen LogP contribution in [0.2, 0.25) is 0 Å². The van der Waals surface area contributed by atoms with Crippen molar-refractivity contribution in [2.45, 2.75) is 0 Å². The van der Waals surface area contributed by atoms with Crippen LogP contribution in [-0.4, -0.2) is 21.6 Å². The van der Waals surface area contributed by atoms with E-state index in [1.165, 1.54) is 16.8 Å². The van der Waals surface area contributed by atoms with Crippen LogP contribution in [0.1, 0.15) is 20.8 Å². The van der Waals surface area contributed by atoms with Crippen molar-refractivity contribution >= 4 is 28.3 Å². The molecule has 1 aromatic heterocycles. The molecule has 0 aliphatic heterocycles. The van der Waals surface area contributed by atoms with Gasteiger partial charge < -0.3 is 11.1 Å². The molecule has 0 spiro atoms. The fourth-order valence-corrected chi connectivity index (χ4v) is 3.01. The van der Waals surface area contributed by atoms with Crippen LogP contribution in [0.15, 0.2) is 83.7 Å². The quantitative estimate of drug-likeness (QED) is 0.564. The Bertz CT molecular complexity index is 1280. The van der Waals surface area contributed by atoms with Crippen molar-refractivity contribution in [3.8, 4) is 5.69 Å². The molecule has 0 bridgehead atoms. The second-order valence-electron chi connectivity index (χ2n) is 6.34. The molecule has 0 aliphatic carbocycles. The second kappa shape index (κ2) is 7.40. The van der Waals surface area contributed by atoms with Gasteiger partial charge in [0.25, 0.3) is 11.5 Å². The van der Waals surface area contributed by atoms with Gasteiger partial charge in [-0.25, -0.2) is 0 Å². The van der Waals surface area contributed by atoms with Crippen molar-refractivity contribution in [1.29, 1.82) is 0 Å². The third-order valence-corrected chi connectivity index (χ3v) is 4.45. The first-order valence-corrected chi connectivity index (χ1v) is 8.83. The molecule has 0 saturated heterocycles. The molecule has 0 radical (unpaired) electrons. The number of nitrogens with one attached hydrogen (secondary N) is 1. The topological polar surface area (TPSA) is 107 Å². The van der Waals surface area contributed by atoms with Gasteiger partial charge in [-0.1, -0.05) is 36.4 Å². The van der Waals surface area contributed by atoms with Crippen LogP contribution in [0.5, 0.6) is 0 Å². The number of nitrogens with zero attached hydrogens (tertiary/aromatic N) is 2. The van der Waals surface area contributed by atoms with Crippen LogP contribution in [0.25, 0.3) is 16.5 Å². The lowest BCUT2D eigenvalue weighted by atomic mass is 10.1. The molecule has 0 fully saturated rings. The van der Waals surface area contributed by atoms with Crippen LogP contribution >= 0.6 is 0 Å². The number of hydrogen-bond donors (Lipinski definition) is 2. The molecule has 4 aromatic rings. The summed E-state index contributed by atoms with van der Waals surface area (Å²) in [5.74, 6) is -1.02. The molecule has 29 heavy (non-hydrogen) atoms. The molecule has 142 valence electrons. The number of primary amides is 1. The van der Waals surface area contributed by atoms with Gasteiger partial charge in [0.1, 0.15) is 0 Å². The number of hydrogen-bond acceptors (Lipinski definition) is 4. The van der Waals surface area contributed by atoms with Crippen LogP contribution in [0, 0.1) is 0 Å². The Balaban J connectivity index is 1.80.